The highest BCUT2D eigenvalue weighted by atomic mass is 16.2. The topological polar surface area (TPSA) is 111 Å². The number of hydrogen-bond acceptors (Lipinski definition) is 6. The molecule has 0 unspecified atom stereocenters. The van der Waals surface area contributed by atoms with Gasteiger partial charge in [0.25, 0.3) is 5.91 Å². The minimum atomic E-state index is -0.377. The quantitative estimate of drug-likeness (QED) is 0.498. The highest BCUT2D eigenvalue weighted by Gasteiger charge is 2.10. The molecule has 0 aliphatic carbocycles. The van der Waals surface area contributed by atoms with E-state index >= 15 is 0 Å². The number of nitrogens with two attached hydrogens (primary N) is 1. The van der Waals surface area contributed by atoms with Crippen molar-refractivity contribution in [2.24, 2.45) is 12.9 Å². The van der Waals surface area contributed by atoms with Gasteiger partial charge in [0.2, 0.25) is 0 Å². The maximum atomic E-state index is 11.8. The Kier molecular flexibility index (Phi) is 2.97. The number of hydrazine groups is 1. The SMILES string of the molecule is Cn1nccc1NC(=O)c1cncc(NN)n1. The maximum absolute atomic E-state index is 11.8. The molecule has 0 aliphatic heterocycles. The number of carbonyl (C=O) groups is 1. The van der Waals surface area contributed by atoms with E-state index in [9.17, 15) is 4.79 Å². The Balaban J connectivity index is 2.17. The summed E-state index contributed by atoms with van der Waals surface area (Å²) in [7, 11) is 1.72. The summed E-state index contributed by atoms with van der Waals surface area (Å²) in [4.78, 5) is 19.6. The van der Waals surface area contributed by atoms with E-state index in [2.05, 4.69) is 25.8 Å². The number of aromatic nitrogens is 4. The number of carbonyl (C=O) groups excluding carboxylic acids is 1. The average molecular weight is 233 g/mol. The van der Waals surface area contributed by atoms with Crippen molar-refractivity contribution in [2.45, 2.75) is 0 Å². The summed E-state index contributed by atoms with van der Waals surface area (Å²) in [6, 6.07) is 1.68. The summed E-state index contributed by atoms with van der Waals surface area (Å²) in [6.45, 7) is 0. The Hall–Kier alpha value is -2.48. The fourth-order valence-electron chi connectivity index (χ4n) is 1.22. The van der Waals surface area contributed by atoms with E-state index in [1.54, 1.807) is 19.3 Å². The fraction of sp³-hybridized carbons (Fsp3) is 0.111. The molecule has 0 saturated carbocycles. The molecule has 1 amide bonds. The van der Waals surface area contributed by atoms with Crippen molar-refractivity contribution < 1.29 is 4.79 Å². The van der Waals surface area contributed by atoms with Gasteiger partial charge in [-0.05, 0) is 0 Å². The fourth-order valence-corrected chi connectivity index (χ4v) is 1.22. The summed E-state index contributed by atoms with van der Waals surface area (Å²) >= 11 is 0. The number of nitrogens with zero attached hydrogens (tertiary/aromatic N) is 4. The van der Waals surface area contributed by atoms with Crippen molar-refractivity contribution in [3.05, 3.63) is 30.4 Å². The molecular formula is C9H11N7O. The third-order valence-corrected chi connectivity index (χ3v) is 2.08. The first-order valence-electron chi connectivity index (χ1n) is 4.78. The molecule has 0 saturated heterocycles. The van der Waals surface area contributed by atoms with Crippen LogP contribution in [-0.2, 0) is 7.05 Å². The lowest BCUT2D eigenvalue weighted by Gasteiger charge is -2.05. The molecule has 2 aromatic heterocycles. The summed E-state index contributed by atoms with van der Waals surface area (Å²) in [6.07, 6.45) is 4.35. The molecule has 8 heteroatoms. The van der Waals surface area contributed by atoms with Crippen molar-refractivity contribution in [2.75, 3.05) is 10.7 Å². The van der Waals surface area contributed by atoms with Crippen LogP contribution in [0.25, 0.3) is 0 Å². The molecule has 0 spiro atoms. The smallest absolute Gasteiger partial charge is 0.277 e. The predicted molar refractivity (Wildman–Crippen MR) is 61.0 cm³/mol. The van der Waals surface area contributed by atoms with Crippen LogP contribution in [0.15, 0.2) is 24.7 Å². The zero-order chi connectivity index (χ0) is 12.3. The maximum Gasteiger partial charge on any atom is 0.277 e. The van der Waals surface area contributed by atoms with E-state index in [4.69, 9.17) is 5.84 Å². The van der Waals surface area contributed by atoms with Crippen LogP contribution in [0.3, 0.4) is 0 Å². The van der Waals surface area contributed by atoms with Crippen LogP contribution in [0.2, 0.25) is 0 Å². The van der Waals surface area contributed by atoms with E-state index in [1.165, 1.54) is 17.1 Å². The van der Waals surface area contributed by atoms with Gasteiger partial charge in [-0.15, -0.1) is 0 Å². The molecule has 0 aliphatic rings. The third-order valence-electron chi connectivity index (χ3n) is 2.08. The number of anilines is 2. The summed E-state index contributed by atoms with van der Waals surface area (Å²) in [5, 5.41) is 6.58. The molecule has 0 fully saturated rings. The Labute approximate surface area is 96.8 Å². The third kappa shape index (κ3) is 2.37. The molecule has 17 heavy (non-hydrogen) atoms. The second-order valence-electron chi connectivity index (χ2n) is 3.23. The zero-order valence-electron chi connectivity index (χ0n) is 9.08. The number of hydrogen-bond donors (Lipinski definition) is 3. The van der Waals surface area contributed by atoms with Crippen LogP contribution in [0.1, 0.15) is 10.5 Å². The lowest BCUT2D eigenvalue weighted by Crippen LogP contribution is -2.18. The molecule has 88 valence electrons. The Morgan fingerprint density at radius 2 is 2.29 bits per heavy atom. The summed E-state index contributed by atoms with van der Waals surface area (Å²) < 4.78 is 1.54. The van der Waals surface area contributed by atoms with E-state index in [0.29, 0.717) is 11.6 Å². The van der Waals surface area contributed by atoms with E-state index < -0.39 is 0 Å². The zero-order valence-corrected chi connectivity index (χ0v) is 9.08. The van der Waals surface area contributed by atoms with Gasteiger partial charge in [-0.25, -0.2) is 10.8 Å². The molecule has 0 atom stereocenters. The van der Waals surface area contributed by atoms with Crippen LogP contribution in [0, 0.1) is 0 Å². The molecule has 0 radical (unpaired) electrons. The van der Waals surface area contributed by atoms with Crippen LogP contribution in [-0.4, -0.2) is 25.7 Å². The van der Waals surface area contributed by atoms with Crippen molar-refractivity contribution in [3.8, 4) is 0 Å². The Bertz CT molecular complexity index is 536. The minimum Gasteiger partial charge on any atom is -0.307 e. The second-order valence-corrected chi connectivity index (χ2v) is 3.23. The molecule has 2 rings (SSSR count). The number of nitrogens with one attached hydrogen (secondary N) is 2. The van der Waals surface area contributed by atoms with Gasteiger partial charge in [-0.3, -0.25) is 14.5 Å². The van der Waals surface area contributed by atoms with Crippen molar-refractivity contribution in [3.63, 3.8) is 0 Å². The molecule has 8 nitrogen and oxygen atoms in total. The predicted octanol–water partition coefficient (Wildman–Crippen LogP) is -0.252. The van der Waals surface area contributed by atoms with Crippen molar-refractivity contribution in [1.29, 1.82) is 0 Å². The largest absolute Gasteiger partial charge is 0.307 e. The highest BCUT2D eigenvalue weighted by Crippen LogP contribution is 2.06. The standard InChI is InChI=1S/C9H11N7O/c1-16-8(2-3-12-16)14-9(17)6-4-11-5-7(13-6)15-10/h2-5H,10H2,1H3,(H,13,15)(H,14,17). The van der Waals surface area contributed by atoms with Crippen LogP contribution in [0.4, 0.5) is 11.6 Å². The number of rotatable bonds is 3. The van der Waals surface area contributed by atoms with Gasteiger partial charge in [0, 0.05) is 13.1 Å². The van der Waals surface area contributed by atoms with Crippen LogP contribution >= 0.6 is 0 Å². The van der Waals surface area contributed by atoms with Crippen LogP contribution < -0.4 is 16.6 Å². The lowest BCUT2D eigenvalue weighted by atomic mass is 10.4. The van der Waals surface area contributed by atoms with Gasteiger partial charge in [-0.1, -0.05) is 0 Å². The van der Waals surface area contributed by atoms with Crippen molar-refractivity contribution >= 4 is 17.5 Å². The van der Waals surface area contributed by atoms with E-state index in [0.717, 1.165) is 0 Å². The molecule has 2 heterocycles. The van der Waals surface area contributed by atoms with Gasteiger partial charge >= 0.3 is 0 Å². The van der Waals surface area contributed by atoms with Crippen molar-refractivity contribution in [1.82, 2.24) is 19.7 Å². The molecule has 0 bridgehead atoms. The number of amides is 1. The molecule has 0 aromatic carbocycles. The monoisotopic (exact) mass is 233 g/mol. The second kappa shape index (κ2) is 4.58. The number of nitrogen functional groups attached to an aromatic ring is 1. The van der Waals surface area contributed by atoms with Gasteiger partial charge in [0.05, 0.1) is 18.6 Å². The van der Waals surface area contributed by atoms with E-state index in [1.807, 2.05) is 0 Å². The summed E-state index contributed by atoms with van der Waals surface area (Å²) in [5.74, 6) is 5.70. The van der Waals surface area contributed by atoms with Gasteiger partial charge in [0.15, 0.2) is 5.82 Å². The average Bonchev–Trinajstić information content (AvgIpc) is 2.75. The van der Waals surface area contributed by atoms with Gasteiger partial charge in [-0.2, -0.15) is 5.10 Å². The van der Waals surface area contributed by atoms with E-state index in [-0.39, 0.29) is 11.6 Å². The Morgan fingerprint density at radius 1 is 1.47 bits per heavy atom. The first-order valence-corrected chi connectivity index (χ1v) is 4.78. The van der Waals surface area contributed by atoms with Gasteiger partial charge < -0.3 is 10.7 Å². The summed E-state index contributed by atoms with van der Waals surface area (Å²) in [5.41, 5.74) is 2.49. The molecule has 2 aromatic rings. The minimum absolute atomic E-state index is 0.168. The highest BCUT2D eigenvalue weighted by molar-refractivity contribution is 6.02. The first-order chi connectivity index (χ1) is 8.20. The first kappa shape index (κ1) is 11.0. The molecular weight excluding hydrogens is 222 g/mol. The lowest BCUT2D eigenvalue weighted by molar-refractivity contribution is 0.102. The Morgan fingerprint density at radius 3 is 2.94 bits per heavy atom. The molecule has 4 N–H and O–H groups in total. The number of aryl methyl sites for hydroxylation is 1. The van der Waals surface area contributed by atoms with Gasteiger partial charge in [0.1, 0.15) is 11.5 Å². The normalized spacial score (nSPS) is 10.0. The van der Waals surface area contributed by atoms with Crippen LogP contribution in [0.5, 0.6) is 0 Å².